The summed E-state index contributed by atoms with van der Waals surface area (Å²) in [5, 5.41) is 5.93. The van der Waals surface area contributed by atoms with Crippen LogP contribution in [0.15, 0.2) is 24.3 Å². The Morgan fingerprint density at radius 3 is 2.48 bits per heavy atom. The predicted octanol–water partition coefficient (Wildman–Crippen LogP) is 2.21. The highest BCUT2D eigenvalue weighted by Gasteiger charge is 2.48. The van der Waals surface area contributed by atoms with E-state index in [4.69, 9.17) is 5.73 Å². The van der Waals surface area contributed by atoms with Crippen LogP contribution >= 0.6 is 0 Å². The standard InChI is InChI=1S/C20H29N3O2/c1-2-3-10-22-19(24)14-6-4-13(5-7-14)12-23-20(25)17-15-8-9-16(11-15)18(17)21/h4-7,15-18H,2-3,8-12,21H2,1H3,(H,22,24)(H,23,25). The Bertz CT molecular complexity index is 612. The molecule has 5 heteroatoms. The van der Waals surface area contributed by atoms with Crippen LogP contribution in [0.5, 0.6) is 0 Å². The number of rotatable bonds is 7. The van der Waals surface area contributed by atoms with Crippen molar-refractivity contribution in [3.63, 3.8) is 0 Å². The Morgan fingerprint density at radius 2 is 1.84 bits per heavy atom. The van der Waals surface area contributed by atoms with Gasteiger partial charge >= 0.3 is 0 Å². The minimum atomic E-state index is -0.0445. The molecular formula is C20H29N3O2. The number of benzene rings is 1. The zero-order valence-corrected chi connectivity index (χ0v) is 15.0. The van der Waals surface area contributed by atoms with Crippen LogP contribution in [0, 0.1) is 17.8 Å². The fourth-order valence-electron chi connectivity index (χ4n) is 4.29. The molecule has 25 heavy (non-hydrogen) atoms. The first-order valence-corrected chi connectivity index (χ1v) is 9.50. The Hall–Kier alpha value is -1.88. The van der Waals surface area contributed by atoms with Crippen LogP contribution < -0.4 is 16.4 Å². The van der Waals surface area contributed by atoms with Crippen molar-refractivity contribution in [3.8, 4) is 0 Å². The van der Waals surface area contributed by atoms with E-state index in [9.17, 15) is 9.59 Å². The first kappa shape index (κ1) is 17.9. The maximum Gasteiger partial charge on any atom is 0.251 e. The van der Waals surface area contributed by atoms with Crippen molar-refractivity contribution >= 4 is 11.8 Å². The van der Waals surface area contributed by atoms with Crippen LogP contribution in [0.3, 0.4) is 0 Å². The lowest BCUT2D eigenvalue weighted by molar-refractivity contribution is -0.127. The topological polar surface area (TPSA) is 84.2 Å². The van der Waals surface area contributed by atoms with E-state index in [1.54, 1.807) is 0 Å². The van der Waals surface area contributed by atoms with Crippen LogP contribution in [0.2, 0.25) is 0 Å². The van der Waals surface area contributed by atoms with Crippen LogP contribution in [-0.4, -0.2) is 24.4 Å². The second-order valence-corrected chi connectivity index (χ2v) is 7.46. The lowest BCUT2D eigenvalue weighted by Crippen LogP contribution is -2.45. The number of hydrogen-bond acceptors (Lipinski definition) is 3. The minimum Gasteiger partial charge on any atom is -0.352 e. The molecule has 4 atom stereocenters. The summed E-state index contributed by atoms with van der Waals surface area (Å²) in [6.07, 6.45) is 5.48. The molecule has 2 aliphatic rings. The molecule has 2 bridgehead atoms. The molecule has 2 amide bonds. The summed E-state index contributed by atoms with van der Waals surface area (Å²) in [6.45, 7) is 3.28. The van der Waals surface area contributed by atoms with Gasteiger partial charge in [-0.05, 0) is 55.2 Å². The number of amides is 2. The summed E-state index contributed by atoms with van der Waals surface area (Å²) >= 11 is 0. The van der Waals surface area contributed by atoms with Gasteiger partial charge in [-0.3, -0.25) is 9.59 Å². The molecule has 5 nitrogen and oxygen atoms in total. The summed E-state index contributed by atoms with van der Waals surface area (Å²) < 4.78 is 0. The van der Waals surface area contributed by atoms with Crippen LogP contribution in [0.25, 0.3) is 0 Å². The van der Waals surface area contributed by atoms with E-state index in [0.29, 0.717) is 30.5 Å². The molecule has 0 saturated heterocycles. The summed E-state index contributed by atoms with van der Waals surface area (Å²) in [7, 11) is 0. The molecule has 0 aliphatic heterocycles. The Labute approximate surface area is 149 Å². The molecule has 1 aromatic carbocycles. The zero-order valence-electron chi connectivity index (χ0n) is 15.0. The molecule has 0 spiro atoms. The minimum absolute atomic E-state index is 0.0212. The van der Waals surface area contributed by atoms with E-state index in [1.807, 2.05) is 24.3 Å². The van der Waals surface area contributed by atoms with E-state index in [1.165, 1.54) is 6.42 Å². The summed E-state index contributed by atoms with van der Waals surface area (Å²) in [4.78, 5) is 24.5. The van der Waals surface area contributed by atoms with Gasteiger partial charge in [0.15, 0.2) is 0 Å². The predicted molar refractivity (Wildman–Crippen MR) is 97.8 cm³/mol. The van der Waals surface area contributed by atoms with Gasteiger partial charge < -0.3 is 16.4 Å². The highest BCUT2D eigenvalue weighted by molar-refractivity contribution is 5.94. The van der Waals surface area contributed by atoms with Gasteiger partial charge in [0.05, 0.1) is 5.92 Å². The first-order valence-electron chi connectivity index (χ1n) is 9.50. The number of fused-ring (bicyclic) bond motifs is 2. The van der Waals surface area contributed by atoms with E-state index in [-0.39, 0.29) is 23.8 Å². The molecule has 1 aromatic rings. The molecule has 136 valence electrons. The Morgan fingerprint density at radius 1 is 1.12 bits per heavy atom. The van der Waals surface area contributed by atoms with Gasteiger partial charge in [-0.1, -0.05) is 25.5 Å². The fourth-order valence-corrected chi connectivity index (χ4v) is 4.29. The Kier molecular flexibility index (Phi) is 5.74. The first-order chi connectivity index (χ1) is 12.1. The molecule has 4 unspecified atom stereocenters. The van der Waals surface area contributed by atoms with Gasteiger partial charge in [-0.15, -0.1) is 0 Å². The van der Waals surface area contributed by atoms with Gasteiger partial charge in [0.1, 0.15) is 0 Å². The van der Waals surface area contributed by atoms with E-state index in [0.717, 1.165) is 31.2 Å². The van der Waals surface area contributed by atoms with Gasteiger partial charge in [-0.25, -0.2) is 0 Å². The second kappa shape index (κ2) is 8.00. The average Bonchev–Trinajstić information content (AvgIpc) is 3.21. The van der Waals surface area contributed by atoms with Crippen molar-refractivity contribution in [1.29, 1.82) is 0 Å². The third kappa shape index (κ3) is 4.03. The zero-order chi connectivity index (χ0) is 17.8. The maximum absolute atomic E-state index is 12.5. The molecule has 0 radical (unpaired) electrons. The van der Waals surface area contributed by atoms with E-state index >= 15 is 0 Å². The number of nitrogens with one attached hydrogen (secondary N) is 2. The molecule has 3 rings (SSSR count). The van der Waals surface area contributed by atoms with Crippen molar-refractivity contribution in [3.05, 3.63) is 35.4 Å². The van der Waals surface area contributed by atoms with Gasteiger partial charge in [0, 0.05) is 24.7 Å². The molecule has 0 heterocycles. The summed E-state index contributed by atoms with van der Waals surface area (Å²) in [5.41, 5.74) is 7.88. The number of carbonyl (C=O) groups excluding carboxylic acids is 2. The van der Waals surface area contributed by atoms with Gasteiger partial charge in [-0.2, -0.15) is 0 Å². The highest BCUT2D eigenvalue weighted by Crippen LogP contribution is 2.47. The number of hydrogen-bond donors (Lipinski definition) is 3. The number of carbonyl (C=O) groups is 2. The summed E-state index contributed by atoms with van der Waals surface area (Å²) in [5.74, 6) is 1.01. The van der Waals surface area contributed by atoms with Crippen LogP contribution in [0.1, 0.15) is 54.9 Å². The second-order valence-electron chi connectivity index (χ2n) is 7.46. The van der Waals surface area contributed by atoms with Gasteiger partial charge in [0.25, 0.3) is 5.91 Å². The van der Waals surface area contributed by atoms with Gasteiger partial charge in [0.2, 0.25) is 5.91 Å². The molecule has 0 aromatic heterocycles. The van der Waals surface area contributed by atoms with Crippen LogP contribution in [0.4, 0.5) is 0 Å². The lowest BCUT2D eigenvalue weighted by Gasteiger charge is -2.27. The third-order valence-electron chi connectivity index (χ3n) is 5.78. The smallest absolute Gasteiger partial charge is 0.251 e. The fraction of sp³-hybridized carbons (Fsp3) is 0.600. The highest BCUT2D eigenvalue weighted by atomic mass is 16.2. The average molecular weight is 343 g/mol. The molecule has 2 aliphatic carbocycles. The summed E-state index contributed by atoms with van der Waals surface area (Å²) in [6, 6.07) is 7.44. The molecule has 4 N–H and O–H groups in total. The Balaban J connectivity index is 1.48. The van der Waals surface area contributed by atoms with Crippen molar-refractivity contribution in [2.45, 2.75) is 51.6 Å². The normalized spacial score (nSPS) is 27.3. The van der Waals surface area contributed by atoms with E-state index in [2.05, 4.69) is 17.6 Å². The monoisotopic (exact) mass is 343 g/mol. The van der Waals surface area contributed by atoms with Crippen molar-refractivity contribution in [1.82, 2.24) is 10.6 Å². The molecule has 2 saturated carbocycles. The quantitative estimate of drug-likeness (QED) is 0.664. The van der Waals surface area contributed by atoms with Crippen molar-refractivity contribution in [2.75, 3.05) is 6.54 Å². The van der Waals surface area contributed by atoms with Crippen molar-refractivity contribution in [2.24, 2.45) is 23.5 Å². The molecule has 2 fully saturated rings. The SMILES string of the molecule is CCCCNC(=O)c1ccc(CNC(=O)C2C3CCC(C3)C2N)cc1. The third-order valence-corrected chi connectivity index (χ3v) is 5.78. The van der Waals surface area contributed by atoms with Crippen LogP contribution in [-0.2, 0) is 11.3 Å². The maximum atomic E-state index is 12.5. The number of nitrogens with two attached hydrogens (primary N) is 1. The largest absolute Gasteiger partial charge is 0.352 e. The number of unbranched alkanes of at least 4 members (excludes halogenated alkanes) is 1. The van der Waals surface area contributed by atoms with Crippen molar-refractivity contribution < 1.29 is 9.59 Å². The molecular weight excluding hydrogens is 314 g/mol. The van der Waals surface area contributed by atoms with E-state index < -0.39 is 0 Å². The lowest BCUT2D eigenvalue weighted by atomic mass is 9.84.